The van der Waals surface area contributed by atoms with E-state index in [2.05, 4.69) is 11.9 Å². The van der Waals surface area contributed by atoms with Crippen molar-refractivity contribution >= 4 is 28.5 Å². The molecule has 0 atom stereocenters. The number of hydrogen-bond acceptors (Lipinski definition) is 4. The monoisotopic (exact) mass is 455 g/mol. The maximum absolute atomic E-state index is 14.3. The molecule has 0 saturated heterocycles. The van der Waals surface area contributed by atoms with Gasteiger partial charge in [-0.2, -0.15) is 0 Å². The van der Waals surface area contributed by atoms with Gasteiger partial charge in [-0.3, -0.25) is 4.79 Å². The van der Waals surface area contributed by atoms with E-state index < -0.39 is 11.6 Å². The number of aromatic nitrogens is 2. The lowest BCUT2D eigenvalue weighted by Crippen LogP contribution is -2.16. The first-order chi connectivity index (χ1) is 15.3. The number of pyridine rings is 1. The number of H-pyrrole nitrogens is 1. The van der Waals surface area contributed by atoms with Crippen LogP contribution >= 0.6 is 11.9 Å². The van der Waals surface area contributed by atoms with E-state index in [1.165, 1.54) is 10.6 Å². The Labute approximate surface area is 188 Å². The van der Waals surface area contributed by atoms with Crippen molar-refractivity contribution in [2.24, 2.45) is 7.05 Å². The highest BCUT2D eigenvalue weighted by Crippen LogP contribution is 2.40. The first-order valence-electron chi connectivity index (χ1n) is 10.1. The summed E-state index contributed by atoms with van der Waals surface area (Å²) in [6, 6.07) is 10.6. The lowest BCUT2D eigenvalue weighted by atomic mass is 10.0. The molecule has 2 aromatic carbocycles. The number of anilines is 1. The summed E-state index contributed by atoms with van der Waals surface area (Å²) in [6.07, 6.45) is 1.74. The molecule has 0 bridgehead atoms. The van der Waals surface area contributed by atoms with Gasteiger partial charge in [-0.1, -0.05) is 18.9 Å². The molecular formula is C24H23F2N3O2S. The fraction of sp³-hybridized carbons (Fsp3) is 0.208. The molecule has 8 heteroatoms. The Bertz CT molecular complexity index is 1360. The molecule has 4 rings (SSSR count). The van der Waals surface area contributed by atoms with Crippen LogP contribution in [0.5, 0.6) is 11.5 Å². The Hall–Kier alpha value is -3.26. The molecule has 0 fully saturated rings. The Balaban J connectivity index is 1.94. The number of fused-ring (bicyclic) bond motifs is 1. The summed E-state index contributed by atoms with van der Waals surface area (Å²) in [4.78, 5) is 15.9. The Morgan fingerprint density at radius 2 is 1.84 bits per heavy atom. The molecule has 32 heavy (non-hydrogen) atoms. The maximum atomic E-state index is 14.3. The minimum atomic E-state index is -0.792. The van der Waals surface area contributed by atoms with Gasteiger partial charge in [0.25, 0.3) is 5.56 Å². The van der Waals surface area contributed by atoms with Crippen LogP contribution in [0.2, 0.25) is 0 Å². The number of nitrogens with zero attached hydrogens (tertiary/aromatic N) is 2. The molecule has 0 aliphatic carbocycles. The summed E-state index contributed by atoms with van der Waals surface area (Å²) in [6.45, 7) is 3.95. The predicted molar refractivity (Wildman–Crippen MR) is 127 cm³/mol. The highest BCUT2D eigenvalue weighted by atomic mass is 32.2. The Morgan fingerprint density at radius 3 is 2.56 bits per heavy atom. The molecular weight excluding hydrogens is 432 g/mol. The van der Waals surface area contributed by atoms with E-state index in [-0.39, 0.29) is 11.3 Å². The van der Waals surface area contributed by atoms with Gasteiger partial charge in [0.1, 0.15) is 11.6 Å². The van der Waals surface area contributed by atoms with E-state index in [4.69, 9.17) is 4.74 Å². The summed E-state index contributed by atoms with van der Waals surface area (Å²) in [7, 11) is 3.65. The fourth-order valence-electron chi connectivity index (χ4n) is 3.64. The third-order valence-corrected chi connectivity index (χ3v) is 6.01. The van der Waals surface area contributed by atoms with Gasteiger partial charge in [0.05, 0.1) is 10.9 Å². The van der Waals surface area contributed by atoms with E-state index in [9.17, 15) is 13.6 Å². The number of aromatic amines is 1. The van der Waals surface area contributed by atoms with E-state index in [1.807, 2.05) is 36.5 Å². The molecule has 0 aliphatic heterocycles. The molecule has 0 aliphatic rings. The van der Waals surface area contributed by atoms with Crippen LogP contribution in [0.25, 0.3) is 22.0 Å². The number of aryl methyl sites for hydroxylation is 2. The first-order valence-corrected chi connectivity index (χ1v) is 11.1. The lowest BCUT2D eigenvalue weighted by molar-refractivity contribution is 0.439. The van der Waals surface area contributed by atoms with Crippen LogP contribution in [-0.2, 0) is 7.05 Å². The van der Waals surface area contributed by atoms with Crippen LogP contribution in [0.15, 0.2) is 53.5 Å². The predicted octanol–water partition coefficient (Wildman–Crippen LogP) is 6.02. The van der Waals surface area contributed by atoms with Gasteiger partial charge in [-0.25, -0.2) is 8.78 Å². The van der Waals surface area contributed by atoms with Gasteiger partial charge in [0, 0.05) is 54.6 Å². The number of hydrogen-bond donors (Lipinski definition) is 1. The van der Waals surface area contributed by atoms with E-state index in [0.29, 0.717) is 22.2 Å². The average molecular weight is 456 g/mol. The quantitative estimate of drug-likeness (QED) is 0.362. The zero-order chi connectivity index (χ0) is 23.0. The van der Waals surface area contributed by atoms with Crippen LogP contribution in [0.3, 0.4) is 0 Å². The highest BCUT2D eigenvalue weighted by molar-refractivity contribution is 8.00. The number of rotatable bonds is 6. The van der Waals surface area contributed by atoms with Gasteiger partial charge >= 0.3 is 0 Å². The van der Waals surface area contributed by atoms with Crippen molar-refractivity contribution < 1.29 is 13.5 Å². The largest absolute Gasteiger partial charge is 0.454 e. The number of ether oxygens (including phenoxy) is 1. The van der Waals surface area contributed by atoms with Crippen LogP contribution in [0.1, 0.15) is 12.6 Å². The number of nitrogens with one attached hydrogen (secondary N) is 1. The maximum Gasteiger partial charge on any atom is 0.259 e. The molecule has 5 nitrogen and oxygen atoms in total. The second-order valence-corrected chi connectivity index (χ2v) is 8.86. The summed E-state index contributed by atoms with van der Waals surface area (Å²) in [5.74, 6) is -0.267. The van der Waals surface area contributed by atoms with E-state index >= 15 is 0 Å². The molecule has 2 aromatic heterocycles. The van der Waals surface area contributed by atoms with Crippen molar-refractivity contribution in [1.82, 2.24) is 9.55 Å². The minimum Gasteiger partial charge on any atom is -0.454 e. The summed E-state index contributed by atoms with van der Waals surface area (Å²) >= 11 is 1.64. The zero-order valence-electron chi connectivity index (χ0n) is 18.2. The molecule has 0 radical (unpaired) electrons. The van der Waals surface area contributed by atoms with Gasteiger partial charge in [-0.05, 0) is 43.3 Å². The van der Waals surface area contributed by atoms with Crippen LogP contribution in [0, 0.1) is 18.6 Å². The number of benzene rings is 2. The van der Waals surface area contributed by atoms with Crippen LogP contribution < -0.4 is 14.6 Å². The topological polar surface area (TPSA) is 50.3 Å². The molecule has 1 N–H and O–H groups in total. The standard InChI is InChI=1S/C24H23F2N3O2S/c1-5-32-29(4)16-7-9-21(31-22-8-6-15(25)11-20(22)26)17(12-16)19-13-28(3)24(30)18-10-14(2)27-23(18)19/h6-13,27H,5H2,1-4H3. The molecule has 0 saturated carbocycles. The van der Waals surface area contributed by atoms with Gasteiger partial charge in [0.15, 0.2) is 11.6 Å². The molecule has 166 valence electrons. The normalized spacial score (nSPS) is 11.2. The van der Waals surface area contributed by atoms with E-state index in [1.54, 1.807) is 31.3 Å². The third kappa shape index (κ3) is 4.10. The fourth-order valence-corrected chi connectivity index (χ4v) is 4.29. The van der Waals surface area contributed by atoms with Crippen molar-refractivity contribution in [3.05, 3.63) is 76.3 Å². The molecule has 4 aromatic rings. The Morgan fingerprint density at radius 1 is 1.09 bits per heavy atom. The second kappa shape index (κ2) is 8.70. The van der Waals surface area contributed by atoms with Crippen molar-refractivity contribution in [3.63, 3.8) is 0 Å². The van der Waals surface area contributed by atoms with Crippen molar-refractivity contribution in [3.8, 4) is 22.6 Å². The molecule has 0 amide bonds. The third-order valence-electron chi connectivity index (χ3n) is 5.15. The molecule has 0 spiro atoms. The average Bonchev–Trinajstić information content (AvgIpc) is 3.15. The lowest BCUT2D eigenvalue weighted by Gasteiger charge is -2.20. The Kier molecular flexibility index (Phi) is 5.97. The minimum absolute atomic E-state index is 0.0829. The molecule has 2 heterocycles. The van der Waals surface area contributed by atoms with Crippen LogP contribution in [-0.4, -0.2) is 22.4 Å². The summed E-state index contributed by atoms with van der Waals surface area (Å²) < 4.78 is 37.1. The zero-order valence-corrected chi connectivity index (χ0v) is 19.0. The molecule has 0 unspecified atom stereocenters. The van der Waals surface area contributed by atoms with Gasteiger partial charge < -0.3 is 18.6 Å². The van der Waals surface area contributed by atoms with Gasteiger partial charge in [-0.15, -0.1) is 0 Å². The second-order valence-electron chi connectivity index (χ2n) is 7.47. The van der Waals surface area contributed by atoms with Gasteiger partial charge in [0.2, 0.25) is 0 Å². The summed E-state index contributed by atoms with van der Waals surface area (Å²) in [5, 5.41) is 0.558. The first kappa shape index (κ1) is 22.0. The van der Waals surface area contributed by atoms with Crippen molar-refractivity contribution in [2.75, 3.05) is 17.1 Å². The van der Waals surface area contributed by atoms with Crippen molar-refractivity contribution in [2.45, 2.75) is 13.8 Å². The van der Waals surface area contributed by atoms with Crippen molar-refractivity contribution in [1.29, 1.82) is 0 Å². The van der Waals surface area contributed by atoms with Crippen LogP contribution in [0.4, 0.5) is 14.5 Å². The summed E-state index contributed by atoms with van der Waals surface area (Å²) in [5.41, 5.74) is 3.75. The smallest absolute Gasteiger partial charge is 0.259 e. The SMILES string of the molecule is CCSN(C)c1ccc(Oc2ccc(F)cc2F)c(-c2cn(C)c(=O)c3cc(C)[nH]c23)c1. The number of halogens is 2. The highest BCUT2D eigenvalue weighted by Gasteiger charge is 2.18. The van der Waals surface area contributed by atoms with E-state index in [0.717, 1.165) is 34.8 Å².